The Balaban J connectivity index is 1.67. The van der Waals surface area contributed by atoms with Gasteiger partial charge in [0.25, 0.3) is 5.91 Å². The predicted octanol–water partition coefficient (Wildman–Crippen LogP) is 2.64. The molecule has 0 aromatic heterocycles. The molecule has 2 aliphatic heterocycles. The van der Waals surface area contributed by atoms with Crippen LogP contribution in [0.1, 0.15) is 28.4 Å². The van der Waals surface area contributed by atoms with Crippen LogP contribution in [-0.2, 0) is 0 Å². The number of carbonyl (C=O) groups excluding carboxylic acids is 1. The minimum atomic E-state index is -0.800. The number of likely N-dealkylation sites (tertiary alicyclic amines) is 1. The second kappa shape index (κ2) is 6.00. The Bertz CT molecular complexity index is 842. The zero-order valence-electron chi connectivity index (χ0n) is 13.1. The molecule has 2 aromatic carbocycles. The van der Waals surface area contributed by atoms with E-state index in [-0.39, 0.29) is 31.2 Å². The molecule has 1 saturated heterocycles. The fourth-order valence-corrected chi connectivity index (χ4v) is 3.30. The van der Waals surface area contributed by atoms with Crippen molar-refractivity contribution in [2.45, 2.75) is 18.6 Å². The Morgan fingerprint density at radius 1 is 1.12 bits per heavy atom. The van der Waals surface area contributed by atoms with Crippen LogP contribution >= 0.6 is 0 Å². The molecule has 0 radical (unpaired) electrons. The van der Waals surface area contributed by atoms with Crippen LogP contribution in [0.25, 0.3) is 0 Å². The van der Waals surface area contributed by atoms with Gasteiger partial charge in [-0.15, -0.1) is 0 Å². The summed E-state index contributed by atoms with van der Waals surface area (Å²) < 4.78 is 38.2. The fourth-order valence-electron chi connectivity index (χ4n) is 3.30. The zero-order chi connectivity index (χ0) is 17.6. The monoisotopic (exact) mass is 347 g/mol. The number of rotatable bonds is 2. The Labute approximate surface area is 142 Å². The van der Waals surface area contributed by atoms with Crippen molar-refractivity contribution < 1.29 is 28.2 Å². The topological polar surface area (TPSA) is 59.0 Å². The molecule has 2 aromatic rings. The average Bonchev–Trinajstić information content (AvgIpc) is 3.22. The van der Waals surface area contributed by atoms with Gasteiger partial charge in [0, 0.05) is 17.7 Å². The van der Waals surface area contributed by atoms with Crippen molar-refractivity contribution in [3.8, 4) is 11.5 Å². The third-order valence-corrected chi connectivity index (χ3v) is 4.48. The van der Waals surface area contributed by atoms with E-state index in [0.29, 0.717) is 17.1 Å². The average molecular weight is 347 g/mol. The van der Waals surface area contributed by atoms with Gasteiger partial charge in [0.2, 0.25) is 6.79 Å². The summed E-state index contributed by atoms with van der Waals surface area (Å²) >= 11 is 0. The lowest BCUT2D eigenvalue weighted by Gasteiger charge is -2.25. The van der Waals surface area contributed by atoms with E-state index >= 15 is 0 Å². The smallest absolute Gasteiger partial charge is 0.254 e. The molecule has 25 heavy (non-hydrogen) atoms. The van der Waals surface area contributed by atoms with E-state index in [1.165, 1.54) is 4.90 Å². The SMILES string of the molecule is O=C(c1ccc2c(c1)OCO2)N1CC(O)CC1c1cc(F)ccc1F. The summed E-state index contributed by atoms with van der Waals surface area (Å²) in [6, 6.07) is 7.14. The second-order valence-corrected chi connectivity index (χ2v) is 6.10. The Kier molecular flexibility index (Phi) is 3.80. The van der Waals surface area contributed by atoms with E-state index in [1.54, 1.807) is 18.2 Å². The molecular formula is C18H15F2NO4. The second-order valence-electron chi connectivity index (χ2n) is 6.10. The lowest BCUT2D eigenvalue weighted by molar-refractivity contribution is 0.0713. The van der Waals surface area contributed by atoms with Crippen molar-refractivity contribution in [2.24, 2.45) is 0 Å². The van der Waals surface area contributed by atoms with Crippen LogP contribution in [0, 0.1) is 11.6 Å². The van der Waals surface area contributed by atoms with Gasteiger partial charge in [0.1, 0.15) is 11.6 Å². The van der Waals surface area contributed by atoms with Gasteiger partial charge < -0.3 is 19.5 Å². The Morgan fingerprint density at radius 2 is 1.92 bits per heavy atom. The molecule has 5 nitrogen and oxygen atoms in total. The van der Waals surface area contributed by atoms with Gasteiger partial charge in [-0.1, -0.05) is 0 Å². The number of β-amino-alcohol motifs (C(OH)–C–C–N with tert-alkyl or cyclic N) is 1. The standard InChI is InChI=1S/C18H15F2NO4/c19-11-2-3-14(20)13(6-11)15-7-12(22)8-21(15)18(23)10-1-4-16-17(5-10)25-9-24-16/h1-6,12,15,22H,7-9H2. The minimum Gasteiger partial charge on any atom is -0.454 e. The van der Waals surface area contributed by atoms with E-state index < -0.39 is 23.8 Å². The van der Waals surface area contributed by atoms with E-state index in [2.05, 4.69) is 0 Å². The van der Waals surface area contributed by atoms with Gasteiger partial charge in [0.05, 0.1) is 12.1 Å². The molecule has 130 valence electrons. The molecular weight excluding hydrogens is 332 g/mol. The number of benzene rings is 2. The molecule has 2 unspecified atom stereocenters. The third kappa shape index (κ3) is 2.80. The van der Waals surface area contributed by atoms with Crippen molar-refractivity contribution in [3.05, 3.63) is 59.2 Å². The number of nitrogens with zero attached hydrogens (tertiary/aromatic N) is 1. The molecule has 1 N–H and O–H groups in total. The van der Waals surface area contributed by atoms with Gasteiger partial charge in [-0.2, -0.15) is 0 Å². The Morgan fingerprint density at radius 3 is 2.76 bits per heavy atom. The summed E-state index contributed by atoms with van der Waals surface area (Å²) in [5.74, 6) is -0.578. The molecule has 2 heterocycles. The molecule has 0 bridgehead atoms. The molecule has 1 amide bonds. The normalized spacial score (nSPS) is 21.6. The maximum absolute atomic E-state index is 14.1. The molecule has 2 atom stereocenters. The lowest BCUT2D eigenvalue weighted by atomic mass is 10.0. The van der Waals surface area contributed by atoms with Crippen LogP contribution in [0.4, 0.5) is 8.78 Å². The van der Waals surface area contributed by atoms with Crippen LogP contribution in [0.15, 0.2) is 36.4 Å². The molecule has 0 aliphatic carbocycles. The van der Waals surface area contributed by atoms with Gasteiger partial charge in [0.15, 0.2) is 11.5 Å². The number of halogens is 2. The summed E-state index contributed by atoms with van der Waals surface area (Å²) in [6.07, 6.45) is -0.651. The highest BCUT2D eigenvalue weighted by Gasteiger charge is 2.37. The highest BCUT2D eigenvalue weighted by molar-refractivity contribution is 5.95. The number of carbonyl (C=O) groups is 1. The van der Waals surface area contributed by atoms with E-state index in [9.17, 15) is 18.7 Å². The molecule has 7 heteroatoms. The molecule has 2 aliphatic rings. The summed E-state index contributed by atoms with van der Waals surface area (Å²) in [5.41, 5.74) is 0.394. The summed E-state index contributed by atoms with van der Waals surface area (Å²) in [5, 5.41) is 9.99. The van der Waals surface area contributed by atoms with Crippen molar-refractivity contribution >= 4 is 5.91 Å². The van der Waals surface area contributed by atoms with Gasteiger partial charge in [-0.25, -0.2) is 8.78 Å². The molecule has 1 fully saturated rings. The molecule has 4 rings (SSSR count). The fraction of sp³-hybridized carbons (Fsp3) is 0.278. The minimum absolute atomic E-state index is 0.0495. The lowest BCUT2D eigenvalue weighted by Crippen LogP contribution is -2.32. The maximum atomic E-state index is 14.1. The number of hydrogen-bond donors (Lipinski definition) is 1. The molecule has 0 saturated carbocycles. The summed E-state index contributed by atoms with van der Waals surface area (Å²) in [6.45, 7) is 0.139. The Hall–Kier alpha value is -2.67. The van der Waals surface area contributed by atoms with Crippen LogP contribution in [-0.4, -0.2) is 35.4 Å². The maximum Gasteiger partial charge on any atom is 0.254 e. The third-order valence-electron chi connectivity index (χ3n) is 4.48. The highest BCUT2D eigenvalue weighted by atomic mass is 19.1. The van der Waals surface area contributed by atoms with E-state index in [4.69, 9.17) is 9.47 Å². The first-order chi connectivity index (χ1) is 12.0. The predicted molar refractivity (Wildman–Crippen MR) is 83.3 cm³/mol. The summed E-state index contributed by atoms with van der Waals surface area (Å²) in [7, 11) is 0. The van der Waals surface area contributed by atoms with Crippen LogP contribution in [0.3, 0.4) is 0 Å². The first-order valence-electron chi connectivity index (χ1n) is 7.86. The van der Waals surface area contributed by atoms with Crippen molar-refractivity contribution in [3.63, 3.8) is 0 Å². The van der Waals surface area contributed by atoms with Gasteiger partial charge >= 0.3 is 0 Å². The van der Waals surface area contributed by atoms with E-state index in [0.717, 1.165) is 18.2 Å². The largest absolute Gasteiger partial charge is 0.454 e. The quantitative estimate of drug-likeness (QED) is 0.907. The van der Waals surface area contributed by atoms with Crippen LogP contribution in [0.5, 0.6) is 11.5 Å². The number of aliphatic hydroxyl groups is 1. The zero-order valence-corrected chi connectivity index (χ0v) is 13.1. The van der Waals surface area contributed by atoms with Gasteiger partial charge in [-0.3, -0.25) is 4.79 Å². The highest BCUT2D eigenvalue weighted by Crippen LogP contribution is 2.37. The molecule has 0 spiro atoms. The van der Waals surface area contributed by atoms with Crippen molar-refractivity contribution in [2.75, 3.05) is 13.3 Å². The first kappa shape index (κ1) is 15.8. The van der Waals surface area contributed by atoms with Crippen molar-refractivity contribution in [1.29, 1.82) is 0 Å². The number of ether oxygens (including phenoxy) is 2. The number of aliphatic hydroxyl groups excluding tert-OH is 1. The summed E-state index contributed by atoms with van der Waals surface area (Å²) in [4.78, 5) is 14.2. The van der Waals surface area contributed by atoms with Crippen LogP contribution in [0.2, 0.25) is 0 Å². The number of hydrogen-bond acceptors (Lipinski definition) is 4. The first-order valence-corrected chi connectivity index (χ1v) is 7.86. The van der Waals surface area contributed by atoms with Crippen molar-refractivity contribution in [1.82, 2.24) is 4.90 Å². The van der Waals surface area contributed by atoms with Crippen LogP contribution < -0.4 is 9.47 Å². The van der Waals surface area contributed by atoms with E-state index in [1.807, 2.05) is 0 Å². The van der Waals surface area contributed by atoms with Gasteiger partial charge in [-0.05, 0) is 42.8 Å². The number of fused-ring (bicyclic) bond motifs is 1. The number of amides is 1.